The van der Waals surface area contributed by atoms with Crippen LogP contribution in [0.25, 0.3) is 0 Å². The summed E-state index contributed by atoms with van der Waals surface area (Å²) < 4.78 is 19.3. The van der Waals surface area contributed by atoms with Gasteiger partial charge in [-0.2, -0.15) is 0 Å². The summed E-state index contributed by atoms with van der Waals surface area (Å²) in [6.07, 6.45) is 0. The molecule has 0 bridgehead atoms. The Morgan fingerprint density at radius 2 is 2.60 bits per heavy atom. The second kappa shape index (κ2) is 1.58. The van der Waals surface area contributed by atoms with E-state index in [2.05, 4.69) is 4.99 Å². The fourth-order valence-electron chi connectivity index (χ4n) is 0. The summed E-state index contributed by atoms with van der Waals surface area (Å²) in [6, 6.07) is 0. The normalized spacial score (nSPS) is 18.0. The molecule has 30 valence electrons. The van der Waals surface area contributed by atoms with Crippen molar-refractivity contribution >= 4 is 5.96 Å². The van der Waals surface area contributed by atoms with Gasteiger partial charge in [-0.05, 0) is 0 Å². The number of guanidine groups is 1. The van der Waals surface area contributed by atoms with Crippen molar-refractivity contribution in [2.24, 2.45) is 16.5 Å². The zero-order valence-electron chi connectivity index (χ0n) is 5.60. The molecule has 0 fully saturated rings. The SMILES string of the molecule is [2H]C([2H])([2H])N=C(N)N. The van der Waals surface area contributed by atoms with E-state index >= 15 is 0 Å². The van der Waals surface area contributed by atoms with Crippen LogP contribution in [0.2, 0.25) is 0 Å². The molecular formula is C2H7N3. The van der Waals surface area contributed by atoms with Crippen LogP contribution in [0.4, 0.5) is 0 Å². The van der Waals surface area contributed by atoms with Crippen LogP contribution in [0.1, 0.15) is 4.11 Å². The third-order valence-electron chi connectivity index (χ3n) is 0.129. The maximum Gasteiger partial charge on any atom is 0.185 e. The van der Waals surface area contributed by atoms with Gasteiger partial charge in [0.25, 0.3) is 0 Å². The summed E-state index contributed by atoms with van der Waals surface area (Å²) in [5, 5.41) is 0. The van der Waals surface area contributed by atoms with E-state index in [9.17, 15) is 0 Å². The molecule has 0 spiro atoms. The molecular weight excluding hydrogens is 66.0 g/mol. The molecule has 0 unspecified atom stereocenters. The van der Waals surface area contributed by atoms with Crippen LogP contribution in [0.15, 0.2) is 4.99 Å². The molecule has 0 atom stereocenters. The van der Waals surface area contributed by atoms with Crippen LogP contribution in [0, 0.1) is 0 Å². The quantitative estimate of drug-likeness (QED) is 0.284. The van der Waals surface area contributed by atoms with Gasteiger partial charge in [0.2, 0.25) is 0 Å². The average molecular weight is 76.1 g/mol. The molecule has 0 aliphatic heterocycles. The van der Waals surface area contributed by atoms with Crippen molar-refractivity contribution in [2.75, 3.05) is 6.98 Å². The minimum Gasteiger partial charge on any atom is -0.370 e. The zero-order valence-corrected chi connectivity index (χ0v) is 2.60. The standard InChI is InChI=1S/C2H7N3/c1-5-2(3)4/h1H3,(H4,3,4,5)/i1D3. The van der Waals surface area contributed by atoms with Crippen LogP contribution >= 0.6 is 0 Å². The van der Waals surface area contributed by atoms with Gasteiger partial charge in [0.1, 0.15) is 0 Å². The van der Waals surface area contributed by atoms with Crippen molar-refractivity contribution in [3.05, 3.63) is 0 Å². The lowest BCUT2D eigenvalue weighted by atomic mass is 11.1. The zero-order chi connectivity index (χ0) is 6.78. The number of nitrogens with zero attached hydrogens (tertiary/aromatic N) is 1. The second-order valence-electron chi connectivity index (χ2n) is 0.537. The van der Waals surface area contributed by atoms with Gasteiger partial charge in [-0.3, -0.25) is 4.99 Å². The van der Waals surface area contributed by atoms with Crippen LogP contribution in [-0.2, 0) is 0 Å². The van der Waals surface area contributed by atoms with Crippen molar-refractivity contribution < 1.29 is 4.11 Å². The molecule has 3 heteroatoms. The summed E-state index contributed by atoms with van der Waals surface area (Å²) >= 11 is 0. The minimum atomic E-state index is -2.39. The lowest BCUT2D eigenvalue weighted by Gasteiger charge is -1.77. The van der Waals surface area contributed by atoms with E-state index in [4.69, 9.17) is 15.6 Å². The van der Waals surface area contributed by atoms with Gasteiger partial charge in [0.15, 0.2) is 5.96 Å². The molecule has 0 aromatic heterocycles. The molecule has 0 aliphatic rings. The first kappa shape index (κ1) is 1.16. The molecule has 5 heavy (non-hydrogen) atoms. The molecule has 0 aromatic carbocycles. The van der Waals surface area contributed by atoms with Crippen LogP contribution < -0.4 is 11.5 Å². The Labute approximate surface area is 34.9 Å². The number of hydrogen-bond acceptors (Lipinski definition) is 1. The summed E-state index contributed by atoms with van der Waals surface area (Å²) in [5.41, 5.74) is 9.49. The number of rotatable bonds is 0. The van der Waals surface area contributed by atoms with E-state index in [1.54, 1.807) is 0 Å². The van der Waals surface area contributed by atoms with Gasteiger partial charge in [-0.15, -0.1) is 0 Å². The molecule has 0 aromatic rings. The molecule has 0 aliphatic carbocycles. The van der Waals surface area contributed by atoms with Crippen molar-refractivity contribution in [1.29, 1.82) is 0 Å². The van der Waals surface area contributed by atoms with Gasteiger partial charge < -0.3 is 11.5 Å². The lowest BCUT2D eigenvalue weighted by molar-refractivity contribution is 1.36. The van der Waals surface area contributed by atoms with Gasteiger partial charge >= 0.3 is 0 Å². The van der Waals surface area contributed by atoms with E-state index < -0.39 is 12.9 Å². The Balaban J connectivity index is 3.89. The Morgan fingerprint density at radius 1 is 2.00 bits per heavy atom. The van der Waals surface area contributed by atoms with Crippen LogP contribution in [-0.4, -0.2) is 12.9 Å². The fraction of sp³-hybridized carbons (Fsp3) is 0.500. The first-order chi connectivity index (χ1) is 3.42. The van der Waals surface area contributed by atoms with Gasteiger partial charge in [0, 0.05) is 11.1 Å². The van der Waals surface area contributed by atoms with E-state index in [0.717, 1.165) is 0 Å². The molecule has 0 saturated heterocycles. The minimum absolute atomic E-state index is 0.412. The Morgan fingerprint density at radius 3 is 2.60 bits per heavy atom. The molecule has 0 amide bonds. The Bertz CT molecular complexity index is 99.6. The molecule has 0 radical (unpaired) electrons. The van der Waals surface area contributed by atoms with E-state index in [0.29, 0.717) is 0 Å². The number of aliphatic imine (C=N–C) groups is 1. The predicted octanol–water partition coefficient (Wildman–Crippen LogP) is -1.11. The molecule has 0 heterocycles. The number of nitrogens with two attached hydrogens (primary N) is 2. The third-order valence-corrected chi connectivity index (χ3v) is 0.129. The fourth-order valence-corrected chi connectivity index (χ4v) is 0. The van der Waals surface area contributed by atoms with Gasteiger partial charge in [-0.25, -0.2) is 0 Å². The predicted molar refractivity (Wildman–Crippen MR) is 21.7 cm³/mol. The lowest BCUT2D eigenvalue weighted by Crippen LogP contribution is -2.21. The second-order valence-corrected chi connectivity index (χ2v) is 0.537. The van der Waals surface area contributed by atoms with Crippen LogP contribution in [0.3, 0.4) is 0 Å². The first-order valence-corrected chi connectivity index (χ1v) is 1.02. The molecule has 4 N–H and O–H groups in total. The highest BCUT2D eigenvalue weighted by Crippen LogP contribution is 1.40. The summed E-state index contributed by atoms with van der Waals surface area (Å²) in [7, 11) is 0. The Kier molecular flexibility index (Phi) is 0.366. The van der Waals surface area contributed by atoms with E-state index in [-0.39, 0.29) is 0 Å². The highest BCUT2D eigenvalue weighted by atomic mass is 15.0. The first-order valence-electron chi connectivity index (χ1n) is 2.52. The highest BCUT2D eigenvalue weighted by Gasteiger charge is 1.61. The summed E-state index contributed by atoms with van der Waals surface area (Å²) in [6.45, 7) is -2.39. The molecule has 0 rings (SSSR count). The smallest absolute Gasteiger partial charge is 0.185 e. The van der Waals surface area contributed by atoms with Crippen molar-refractivity contribution in [2.45, 2.75) is 0 Å². The average Bonchev–Trinajstić information content (AvgIpc) is 1.21. The van der Waals surface area contributed by atoms with Crippen molar-refractivity contribution in [3.8, 4) is 0 Å². The van der Waals surface area contributed by atoms with Gasteiger partial charge in [-0.1, -0.05) is 0 Å². The van der Waals surface area contributed by atoms with E-state index in [1.807, 2.05) is 0 Å². The van der Waals surface area contributed by atoms with Crippen LogP contribution in [0.5, 0.6) is 0 Å². The van der Waals surface area contributed by atoms with E-state index in [1.165, 1.54) is 0 Å². The largest absolute Gasteiger partial charge is 0.370 e. The number of hydrogen-bond donors (Lipinski definition) is 2. The van der Waals surface area contributed by atoms with Crippen molar-refractivity contribution in [3.63, 3.8) is 0 Å². The monoisotopic (exact) mass is 76.1 g/mol. The molecule has 0 saturated carbocycles. The topological polar surface area (TPSA) is 64.4 Å². The summed E-state index contributed by atoms with van der Waals surface area (Å²) in [5.74, 6) is -0.412. The van der Waals surface area contributed by atoms with Crippen molar-refractivity contribution in [1.82, 2.24) is 0 Å². The maximum atomic E-state index is 6.45. The highest BCUT2D eigenvalue weighted by molar-refractivity contribution is 5.75. The summed E-state index contributed by atoms with van der Waals surface area (Å²) in [4.78, 5) is 2.88. The maximum absolute atomic E-state index is 6.45. The third kappa shape index (κ3) is 3.27. The molecule has 3 nitrogen and oxygen atoms in total. The Hall–Kier alpha value is -0.730. The van der Waals surface area contributed by atoms with Gasteiger partial charge in [0.05, 0.1) is 0 Å².